The van der Waals surface area contributed by atoms with Crippen LogP contribution in [0.1, 0.15) is 12.0 Å². The molecule has 1 amide bonds. The second-order valence-electron chi connectivity index (χ2n) is 6.76. The van der Waals surface area contributed by atoms with Crippen LogP contribution in [0.15, 0.2) is 18.2 Å². The van der Waals surface area contributed by atoms with Gasteiger partial charge in [0.25, 0.3) is 0 Å². The fraction of sp³-hybridized carbons (Fsp3) is 0.632. The minimum Gasteiger partial charge on any atom is -0.497 e. The SMILES string of the molecule is COc1ccc(OC)c(CN2CCN(C(=O)CC3CSCCN3)CC2)c1. The van der Waals surface area contributed by atoms with E-state index in [4.69, 9.17) is 9.47 Å². The van der Waals surface area contributed by atoms with E-state index in [0.717, 1.165) is 67.8 Å². The first-order chi connectivity index (χ1) is 12.7. The van der Waals surface area contributed by atoms with Crippen LogP contribution in [0.3, 0.4) is 0 Å². The molecule has 2 fully saturated rings. The Labute approximate surface area is 160 Å². The van der Waals surface area contributed by atoms with Gasteiger partial charge in [-0.15, -0.1) is 0 Å². The van der Waals surface area contributed by atoms with Gasteiger partial charge in [-0.3, -0.25) is 9.69 Å². The van der Waals surface area contributed by atoms with Gasteiger partial charge in [-0.2, -0.15) is 11.8 Å². The van der Waals surface area contributed by atoms with Crippen LogP contribution in [0.25, 0.3) is 0 Å². The molecule has 3 rings (SSSR count). The van der Waals surface area contributed by atoms with Crippen LogP contribution in [-0.4, -0.2) is 80.2 Å². The predicted molar refractivity (Wildman–Crippen MR) is 105 cm³/mol. The number of amides is 1. The molecule has 26 heavy (non-hydrogen) atoms. The van der Waals surface area contributed by atoms with Crippen molar-refractivity contribution in [3.05, 3.63) is 23.8 Å². The minimum absolute atomic E-state index is 0.281. The smallest absolute Gasteiger partial charge is 0.224 e. The summed E-state index contributed by atoms with van der Waals surface area (Å²) in [6, 6.07) is 6.22. The first kappa shape index (κ1) is 19.3. The molecule has 144 valence electrons. The quantitative estimate of drug-likeness (QED) is 0.807. The molecule has 0 bridgehead atoms. The highest BCUT2D eigenvalue weighted by Crippen LogP contribution is 2.25. The van der Waals surface area contributed by atoms with Crippen molar-refractivity contribution in [2.24, 2.45) is 0 Å². The number of nitrogens with one attached hydrogen (secondary N) is 1. The number of nitrogens with zero attached hydrogens (tertiary/aromatic N) is 2. The Morgan fingerprint density at radius 3 is 2.69 bits per heavy atom. The Bertz CT molecular complexity index is 600. The van der Waals surface area contributed by atoms with E-state index in [0.29, 0.717) is 12.5 Å². The lowest BCUT2D eigenvalue weighted by Gasteiger charge is -2.36. The van der Waals surface area contributed by atoms with Gasteiger partial charge >= 0.3 is 0 Å². The summed E-state index contributed by atoms with van der Waals surface area (Å²) in [6.07, 6.45) is 0.622. The zero-order chi connectivity index (χ0) is 18.4. The average Bonchev–Trinajstić information content (AvgIpc) is 2.69. The van der Waals surface area contributed by atoms with Gasteiger partial charge in [0.1, 0.15) is 11.5 Å². The van der Waals surface area contributed by atoms with E-state index >= 15 is 0 Å². The van der Waals surface area contributed by atoms with Crippen LogP contribution in [0.2, 0.25) is 0 Å². The van der Waals surface area contributed by atoms with Crippen LogP contribution in [0.5, 0.6) is 11.5 Å². The molecule has 1 aromatic rings. The van der Waals surface area contributed by atoms with Gasteiger partial charge in [0, 0.05) is 68.8 Å². The maximum atomic E-state index is 12.5. The van der Waals surface area contributed by atoms with Gasteiger partial charge in [-0.1, -0.05) is 0 Å². The maximum absolute atomic E-state index is 12.5. The van der Waals surface area contributed by atoms with E-state index in [1.54, 1.807) is 14.2 Å². The largest absolute Gasteiger partial charge is 0.497 e. The van der Waals surface area contributed by atoms with Gasteiger partial charge < -0.3 is 19.7 Å². The van der Waals surface area contributed by atoms with Crippen molar-refractivity contribution in [2.75, 3.05) is 58.4 Å². The summed E-state index contributed by atoms with van der Waals surface area (Å²) in [4.78, 5) is 16.9. The standard InChI is InChI=1S/C19H29N3O3S/c1-24-17-3-4-18(25-2)15(11-17)13-21-6-8-22(9-7-21)19(23)12-16-14-26-10-5-20-16/h3-4,11,16,20H,5-10,12-14H2,1-2H3. The third-order valence-electron chi connectivity index (χ3n) is 5.03. The average molecular weight is 380 g/mol. The molecule has 2 aliphatic heterocycles. The van der Waals surface area contributed by atoms with Gasteiger partial charge in [0.2, 0.25) is 5.91 Å². The maximum Gasteiger partial charge on any atom is 0.224 e. The highest BCUT2D eigenvalue weighted by atomic mass is 32.2. The van der Waals surface area contributed by atoms with Crippen LogP contribution < -0.4 is 14.8 Å². The zero-order valence-electron chi connectivity index (χ0n) is 15.7. The lowest BCUT2D eigenvalue weighted by molar-refractivity contribution is -0.133. The summed E-state index contributed by atoms with van der Waals surface area (Å²) < 4.78 is 10.8. The molecule has 7 heteroatoms. The van der Waals surface area contributed by atoms with E-state index < -0.39 is 0 Å². The molecule has 1 aromatic carbocycles. The summed E-state index contributed by atoms with van der Waals surface area (Å²) in [5.41, 5.74) is 1.12. The summed E-state index contributed by atoms with van der Waals surface area (Å²) in [5, 5.41) is 3.45. The van der Waals surface area contributed by atoms with E-state index in [1.807, 2.05) is 34.9 Å². The van der Waals surface area contributed by atoms with Crippen LogP contribution in [-0.2, 0) is 11.3 Å². The van der Waals surface area contributed by atoms with E-state index in [9.17, 15) is 4.79 Å². The Morgan fingerprint density at radius 1 is 1.23 bits per heavy atom. The first-order valence-electron chi connectivity index (χ1n) is 9.21. The summed E-state index contributed by atoms with van der Waals surface area (Å²) in [5.74, 6) is 4.19. The summed E-state index contributed by atoms with van der Waals surface area (Å²) in [7, 11) is 3.37. The molecule has 6 nitrogen and oxygen atoms in total. The molecule has 2 saturated heterocycles. The predicted octanol–water partition coefficient (Wildman–Crippen LogP) is 1.44. The van der Waals surface area contributed by atoms with Crippen LogP contribution in [0, 0.1) is 0 Å². The Balaban J connectivity index is 1.50. The van der Waals surface area contributed by atoms with E-state index in [-0.39, 0.29) is 5.91 Å². The van der Waals surface area contributed by atoms with Crippen molar-refractivity contribution in [1.82, 2.24) is 15.1 Å². The second kappa shape index (κ2) is 9.48. The lowest BCUT2D eigenvalue weighted by Crippen LogP contribution is -2.50. The van der Waals surface area contributed by atoms with Gasteiger partial charge in [-0.25, -0.2) is 0 Å². The van der Waals surface area contributed by atoms with Gasteiger partial charge in [0.15, 0.2) is 0 Å². The number of hydrogen-bond acceptors (Lipinski definition) is 6. The Morgan fingerprint density at radius 2 is 2.04 bits per heavy atom. The molecule has 1 N–H and O–H groups in total. The third kappa shape index (κ3) is 5.05. The zero-order valence-corrected chi connectivity index (χ0v) is 16.5. The Kier molecular flexibility index (Phi) is 7.05. The van der Waals surface area contributed by atoms with Crippen molar-refractivity contribution >= 4 is 17.7 Å². The molecule has 0 aromatic heterocycles. The van der Waals surface area contributed by atoms with Crippen molar-refractivity contribution in [3.63, 3.8) is 0 Å². The molecule has 1 unspecified atom stereocenters. The fourth-order valence-electron chi connectivity index (χ4n) is 3.49. The van der Waals surface area contributed by atoms with Crippen molar-refractivity contribution in [2.45, 2.75) is 19.0 Å². The fourth-order valence-corrected chi connectivity index (χ4v) is 4.44. The number of rotatable bonds is 6. The normalized spacial score (nSPS) is 21.5. The molecule has 1 atom stereocenters. The molecule has 0 radical (unpaired) electrons. The number of hydrogen-bond donors (Lipinski definition) is 1. The molecular formula is C19H29N3O3S. The second-order valence-corrected chi connectivity index (χ2v) is 7.91. The van der Waals surface area contributed by atoms with Gasteiger partial charge in [0.05, 0.1) is 14.2 Å². The number of thioether (sulfide) groups is 1. The first-order valence-corrected chi connectivity index (χ1v) is 10.4. The molecule has 0 saturated carbocycles. The van der Waals surface area contributed by atoms with Crippen molar-refractivity contribution < 1.29 is 14.3 Å². The minimum atomic E-state index is 0.281. The topological polar surface area (TPSA) is 54.0 Å². The summed E-state index contributed by atoms with van der Waals surface area (Å²) >= 11 is 1.94. The lowest BCUT2D eigenvalue weighted by atomic mass is 10.1. The van der Waals surface area contributed by atoms with E-state index in [2.05, 4.69) is 10.2 Å². The Hall–Kier alpha value is -1.44. The molecule has 0 aliphatic carbocycles. The monoisotopic (exact) mass is 379 g/mol. The number of carbonyl (C=O) groups is 1. The number of piperazine rings is 1. The van der Waals surface area contributed by atoms with Gasteiger partial charge in [-0.05, 0) is 18.2 Å². The van der Waals surface area contributed by atoms with Crippen LogP contribution >= 0.6 is 11.8 Å². The van der Waals surface area contributed by atoms with Crippen LogP contribution in [0.4, 0.5) is 0 Å². The molecule has 2 aliphatic rings. The third-order valence-corrected chi connectivity index (χ3v) is 6.16. The summed E-state index contributed by atoms with van der Waals surface area (Å²) in [6.45, 7) is 5.19. The highest BCUT2D eigenvalue weighted by molar-refractivity contribution is 7.99. The molecular weight excluding hydrogens is 350 g/mol. The number of ether oxygens (including phenoxy) is 2. The van der Waals surface area contributed by atoms with E-state index in [1.165, 1.54) is 0 Å². The highest BCUT2D eigenvalue weighted by Gasteiger charge is 2.25. The number of carbonyl (C=O) groups excluding carboxylic acids is 1. The van der Waals surface area contributed by atoms with Crippen molar-refractivity contribution in [3.8, 4) is 11.5 Å². The number of methoxy groups -OCH3 is 2. The number of benzene rings is 1. The molecule has 2 heterocycles. The molecule has 0 spiro atoms. The van der Waals surface area contributed by atoms with Crippen molar-refractivity contribution in [1.29, 1.82) is 0 Å².